The van der Waals surface area contributed by atoms with Crippen molar-refractivity contribution in [2.75, 3.05) is 32.2 Å². The minimum Gasteiger partial charge on any atom is -0.491 e. The molecule has 0 saturated carbocycles. The lowest BCUT2D eigenvalue weighted by atomic mass is 9.99. The largest absolute Gasteiger partial charge is 0.491 e. The Balaban J connectivity index is 1.73. The third kappa shape index (κ3) is 4.15. The molecular formula is C19H21FN2O3. The predicted octanol–water partition coefficient (Wildman–Crippen LogP) is 2.75. The van der Waals surface area contributed by atoms with Gasteiger partial charge in [0.15, 0.2) is 0 Å². The molecule has 0 radical (unpaired) electrons. The van der Waals surface area contributed by atoms with Gasteiger partial charge in [-0.3, -0.25) is 4.79 Å². The van der Waals surface area contributed by atoms with Crippen molar-refractivity contribution in [2.24, 2.45) is 0 Å². The number of anilines is 1. The molecule has 0 fully saturated rings. The first-order valence-electron chi connectivity index (χ1n) is 8.23. The van der Waals surface area contributed by atoms with Crippen LogP contribution in [0.3, 0.4) is 0 Å². The molecule has 0 bridgehead atoms. The van der Waals surface area contributed by atoms with Gasteiger partial charge in [0.1, 0.15) is 18.2 Å². The van der Waals surface area contributed by atoms with Crippen molar-refractivity contribution in [2.45, 2.75) is 13.0 Å². The highest BCUT2D eigenvalue weighted by Crippen LogP contribution is 2.25. The number of methoxy groups -OCH3 is 1. The van der Waals surface area contributed by atoms with Crippen LogP contribution >= 0.6 is 0 Å². The van der Waals surface area contributed by atoms with Gasteiger partial charge in [-0.1, -0.05) is 12.1 Å². The van der Waals surface area contributed by atoms with E-state index in [4.69, 9.17) is 9.47 Å². The molecule has 0 aromatic heterocycles. The maximum Gasteiger partial charge on any atom is 0.255 e. The van der Waals surface area contributed by atoms with Crippen molar-refractivity contribution in [3.63, 3.8) is 0 Å². The SMILES string of the molecule is COCCOc1cccc(C(=O)Nc2ccc3c(c2F)CCNC3)c1. The van der Waals surface area contributed by atoms with E-state index in [1.807, 2.05) is 6.07 Å². The number of nitrogens with one attached hydrogen (secondary N) is 2. The van der Waals surface area contributed by atoms with E-state index in [0.29, 0.717) is 43.1 Å². The summed E-state index contributed by atoms with van der Waals surface area (Å²) in [4.78, 5) is 12.4. The lowest BCUT2D eigenvalue weighted by Gasteiger charge is -2.19. The molecule has 0 saturated heterocycles. The number of carbonyl (C=O) groups excluding carboxylic acids is 1. The van der Waals surface area contributed by atoms with E-state index < -0.39 is 0 Å². The number of amides is 1. The number of carbonyl (C=O) groups is 1. The molecule has 0 aliphatic carbocycles. The van der Waals surface area contributed by atoms with Crippen LogP contribution in [0.25, 0.3) is 0 Å². The second-order valence-corrected chi connectivity index (χ2v) is 5.81. The van der Waals surface area contributed by atoms with Crippen molar-refractivity contribution in [1.82, 2.24) is 5.32 Å². The Kier molecular flexibility index (Phi) is 5.63. The molecule has 1 amide bonds. The van der Waals surface area contributed by atoms with Crippen LogP contribution in [0.2, 0.25) is 0 Å². The first-order chi connectivity index (χ1) is 12.2. The Morgan fingerprint density at radius 3 is 3.00 bits per heavy atom. The van der Waals surface area contributed by atoms with E-state index in [9.17, 15) is 9.18 Å². The van der Waals surface area contributed by atoms with E-state index in [-0.39, 0.29) is 17.4 Å². The van der Waals surface area contributed by atoms with Gasteiger partial charge in [0.05, 0.1) is 12.3 Å². The molecule has 1 aliphatic rings. The number of halogens is 1. The van der Waals surface area contributed by atoms with E-state index >= 15 is 0 Å². The molecule has 0 spiro atoms. The molecular weight excluding hydrogens is 323 g/mol. The summed E-state index contributed by atoms with van der Waals surface area (Å²) in [6, 6.07) is 10.2. The maximum atomic E-state index is 14.6. The molecule has 0 atom stereocenters. The highest BCUT2D eigenvalue weighted by Gasteiger charge is 2.18. The average Bonchev–Trinajstić information content (AvgIpc) is 2.65. The van der Waals surface area contributed by atoms with E-state index in [1.54, 1.807) is 37.4 Å². The Bertz CT molecular complexity index is 764. The van der Waals surface area contributed by atoms with Crippen LogP contribution in [-0.2, 0) is 17.7 Å². The number of hydrogen-bond acceptors (Lipinski definition) is 4. The number of benzene rings is 2. The van der Waals surface area contributed by atoms with Crippen LogP contribution in [0, 0.1) is 5.82 Å². The van der Waals surface area contributed by atoms with Gasteiger partial charge in [-0.25, -0.2) is 4.39 Å². The minimum atomic E-state index is -0.370. The van der Waals surface area contributed by atoms with Crippen LogP contribution in [0.1, 0.15) is 21.5 Å². The fraction of sp³-hybridized carbons (Fsp3) is 0.316. The minimum absolute atomic E-state index is 0.205. The lowest BCUT2D eigenvalue weighted by molar-refractivity contribution is 0.102. The summed E-state index contributed by atoms with van der Waals surface area (Å²) < 4.78 is 25.1. The van der Waals surface area contributed by atoms with E-state index in [0.717, 1.165) is 12.1 Å². The van der Waals surface area contributed by atoms with Gasteiger partial charge < -0.3 is 20.1 Å². The van der Waals surface area contributed by atoms with Crippen molar-refractivity contribution in [3.8, 4) is 5.75 Å². The van der Waals surface area contributed by atoms with Crippen LogP contribution < -0.4 is 15.4 Å². The summed E-state index contributed by atoms with van der Waals surface area (Å²) in [5.74, 6) is -0.147. The molecule has 1 aliphatic heterocycles. The van der Waals surface area contributed by atoms with E-state index in [2.05, 4.69) is 10.6 Å². The first-order valence-corrected chi connectivity index (χ1v) is 8.23. The van der Waals surface area contributed by atoms with Gasteiger partial charge in [0.25, 0.3) is 5.91 Å². The monoisotopic (exact) mass is 344 g/mol. The van der Waals surface area contributed by atoms with Gasteiger partial charge in [-0.05, 0) is 48.4 Å². The molecule has 1 heterocycles. The van der Waals surface area contributed by atoms with Gasteiger partial charge >= 0.3 is 0 Å². The quantitative estimate of drug-likeness (QED) is 0.791. The third-order valence-electron chi connectivity index (χ3n) is 4.11. The Hall–Kier alpha value is -2.44. The molecule has 3 rings (SSSR count). The molecule has 132 valence electrons. The zero-order chi connectivity index (χ0) is 17.6. The summed E-state index contributed by atoms with van der Waals surface area (Å²) in [6.45, 7) is 2.25. The van der Waals surface area contributed by atoms with Crippen LogP contribution in [0.15, 0.2) is 36.4 Å². The Labute approximate surface area is 146 Å². The van der Waals surface area contributed by atoms with Crippen LogP contribution in [0.5, 0.6) is 5.75 Å². The Morgan fingerprint density at radius 1 is 1.28 bits per heavy atom. The molecule has 2 aromatic carbocycles. The normalized spacial score (nSPS) is 13.2. The van der Waals surface area contributed by atoms with Gasteiger partial charge in [0, 0.05) is 19.2 Å². The topological polar surface area (TPSA) is 59.6 Å². The molecule has 25 heavy (non-hydrogen) atoms. The summed E-state index contributed by atoms with van der Waals surface area (Å²) in [6.07, 6.45) is 0.619. The lowest BCUT2D eigenvalue weighted by Crippen LogP contribution is -2.25. The number of hydrogen-bond donors (Lipinski definition) is 2. The second kappa shape index (κ2) is 8.09. The van der Waals surface area contributed by atoms with Gasteiger partial charge in [-0.2, -0.15) is 0 Å². The number of fused-ring (bicyclic) bond motifs is 1. The van der Waals surface area contributed by atoms with Crippen molar-refractivity contribution < 1.29 is 18.7 Å². The van der Waals surface area contributed by atoms with Gasteiger partial charge in [0.2, 0.25) is 0 Å². The molecule has 6 heteroatoms. The number of ether oxygens (including phenoxy) is 2. The third-order valence-corrected chi connectivity index (χ3v) is 4.11. The fourth-order valence-corrected chi connectivity index (χ4v) is 2.79. The highest BCUT2D eigenvalue weighted by molar-refractivity contribution is 6.04. The molecule has 0 unspecified atom stereocenters. The fourth-order valence-electron chi connectivity index (χ4n) is 2.79. The highest BCUT2D eigenvalue weighted by atomic mass is 19.1. The molecule has 2 aromatic rings. The summed E-state index contributed by atoms with van der Waals surface area (Å²) in [7, 11) is 1.59. The molecule has 5 nitrogen and oxygen atoms in total. The summed E-state index contributed by atoms with van der Waals surface area (Å²) in [5, 5.41) is 5.86. The van der Waals surface area contributed by atoms with Crippen LogP contribution in [-0.4, -0.2) is 32.8 Å². The second-order valence-electron chi connectivity index (χ2n) is 5.81. The van der Waals surface area contributed by atoms with Crippen molar-refractivity contribution >= 4 is 11.6 Å². The standard InChI is InChI=1S/C19H21FN2O3/c1-24-9-10-25-15-4-2-3-13(11-15)19(23)22-17-6-5-14-12-21-8-7-16(14)18(17)20/h2-6,11,21H,7-10,12H2,1H3,(H,22,23). The van der Waals surface area contributed by atoms with Crippen LogP contribution in [0.4, 0.5) is 10.1 Å². The summed E-state index contributed by atoms with van der Waals surface area (Å²) >= 11 is 0. The predicted molar refractivity (Wildman–Crippen MR) is 93.6 cm³/mol. The zero-order valence-corrected chi connectivity index (χ0v) is 14.1. The average molecular weight is 344 g/mol. The Morgan fingerprint density at radius 2 is 2.16 bits per heavy atom. The summed E-state index contributed by atoms with van der Waals surface area (Å²) in [5.41, 5.74) is 2.23. The number of rotatable bonds is 6. The maximum absolute atomic E-state index is 14.6. The molecule has 2 N–H and O–H groups in total. The van der Waals surface area contributed by atoms with Crippen molar-refractivity contribution in [3.05, 3.63) is 58.9 Å². The van der Waals surface area contributed by atoms with E-state index in [1.165, 1.54) is 0 Å². The zero-order valence-electron chi connectivity index (χ0n) is 14.1. The van der Waals surface area contributed by atoms with Crippen molar-refractivity contribution in [1.29, 1.82) is 0 Å². The first kappa shape index (κ1) is 17.4. The van der Waals surface area contributed by atoms with Gasteiger partial charge in [-0.15, -0.1) is 0 Å². The smallest absolute Gasteiger partial charge is 0.255 e.